The van der Waals surface area contributed by atoms with Gasteiger partial charge in [0.05, 0.1) is 22.1 Å². The number of alkyl halides is 6. The van der Waals surface area contributed by atoms with E-state index in [1.165, 1.54) is 13.8 Å². The first-order chi connectivity index (χ1) is 15.3. The van der Waals surface area contributed by atoms with Crippen LogP contribution in [0, 0.1) is 13.8 Å². The highest BCUT2D eigenvalue weighted by Gasteiger charge is 2.45. The Labute approximate surface area is 188 Å². The van der Waals surface area contributed by atoms with Gasteiger partial charge in [-0.1, -0.05) is 12.1 Å². The number of nitrogens with zero attached hydrogens (tertiary/aromatic N) is 1. The molecule has 1 atom stereocenters. The molecule has 2 aromatic carbocycles. The number of carbonyl (C=O) groups excluding carboxylic acids is 1. The van der Waals surface area contributed by atoms with Gasteiger partial charge in [-0.3, -0.25) is 0 Å². The number of hydrogen-bond acceptors (Lipinski definition) is 5. The largest absolute Gasteiger partial charge is 0.546 e. The SMILES string of the molecule is Cc1cc(C(F)(F)C(F)c2sc(-c3ccc(C(F)(F)F)cc3)nc2C)ccc1OCC(=O)[O-]. The summed E-state index contributed by atoms with van der Waals surface area (Å²) in [6, 6.07) is 6.99. The van der Waals surface area contributed by atoms with Crippen LogP contribution in [-0.4, -0.2) is 17.6 Å². The molecule has 0 bridgehead atoms. The van der Waals surface area contributed by atoms with E-state index in [9.17, 15) is 31.9 Å². The number of aromatic nitrogens is 1. The number of carbonyl (C=O) groups is 1. The minimum absolute atomic E-state index is 0.00675. The number of benzene rings is 2. The van der Waals surface area contributed by atoms with E-state index < -0.39 is 42.0 Å². The van der Waals surface area contributed by atoms with Crippen molar-refractivity contribution in [1.29, 1.82) is 0 Å². The molecule has 0 N–H and O–H groups in total. The van der Waals surface area contributed by atoms with Crippen LogP contribution in [0.25, 0.3) is 10.6 Å². The van der Waals surface area contributed by atoms with Crippen molar-refractivity contribution in [2.75, 3.05) is 6.61 Å². The molecular formula is C22H16F6NO3S-. The van der Waals surface area contributed by atoms with Crippen LogP contribution in [0.2, 0.25) is 0 Å². The van der Waals surface area contributed by atoms with Crippen LogP contribution in [0.3, 0.4) is 0 Å². The molecule has 0 aliphatic rings. The van der Waals surface area contributed by atoms with Gasteiger partial charge in [-0.05, 0) is 49.7 Å². The molecule has 4 nitrogen and oxygen atoms in total. The fraction of sp³-hybridized carbons (Fsp3) is 0.273. The summed E-state index contributed by atoms with van der Waals surface area (Å²) in [5, 5.41) is 10.6. The van der Waals surface area contributed by atoms with E-state index in [-0.39, 0.29) is 32.5 Å². The quantitative estimate of drug-likeness (QED) is 0.419. The van der Waals surface area contributed by atoms with Crippen molar-refractivity contribution in [1.82, 2.24) is 4.98 Å². The molecule has 3 rings (SSSR count). The van der Waals surface area contributed by atoms with E-state index in [1.807, 2.05) is 0 Å². The lowest BCUT2D eigenvalue weighted by atomic mass is 10.00. The number of carboxylic acid groups (broad SMARTS) is 1. The van der Waals surface area contributed by atoms with E-state index in [4.69, 9.17) is 4.74 Å². The van der Waals surface area contributed by atoms with Crippen LogP contribution >= 0.6 is 11.3 Å². The second kappa shape index (κ2) is 9.05. The van der Waals surface area contributed by atoms with Crippen LogP contribution in [0.1, 0.15) is 33.4 Å². The van der Waals surface area contributed by atoms with Gasteiger partial charge in [0.15, 0.2) is 0 Å². The van der Waals surface area contributed by atoms with Gasteiger partial charge in [0.2, 0.25) is 6.17 Å². The molecule has 0 saturated carbocycles. The van der Waals surface area contributed by atoms with Gasteiger partial charge in [-0.2, -0.15) is 22.0 Å². The Hall–Kier alpha value is -3.08. The molecule has 0 spiro atoms. The van der Waals surface area contributed by atoms with Gasteiger partial charge in [-0.15, -0.1) is 11.3 Å². The van der Waals surface area contributed by atoms with Gasteiger partial charge in [0.1, 0.15) is 17.4 Å². The van der Waals surface area contributed by atoms with Gasteiger partial charge >= 0.3 is 12.1 Å². The maximum absolute atomic E-state index is 15.0. The molecule has 0 aliphatic carbocycles. The molecule has 0 saturated heterocycles. The molecular weight excluding hydrogens is 472 g/mol. The first-order valence-corrected chi connectivity index (χ1v) is 10.2. The maximum atomic E-state index is 15.0. The third-order valence-corrected chi connectivity index (χ3v) is 5.99. The molecule has 1 heterocycles. The van der Waals surface area contributed by atoms with Gasteiger partial charge in [-0.25, -0.2) is 9.37 Å². The van der Waals surface area contributed by atoms with Crippen molar-refractivity contribution >= 4 is 17.3 Å². The number of hydrogen-bond donors (Lipinski definition) is 0. The predicted molar refractivity (Wildman–Crippen MR) is 107 cm³/mol. The van der Waals surface area contributed by atoms with Crippen molar-refractivity contribution < 1.29 is 41.0 Å². The van der Waals surface area contributed by atoms with Crippen LogP contribution < -0.4 is 9.84 Å². The number of thiazole rings is 1. The molecule has 11 heteroatoms. The highest BCUT2D eigenvalue weighted by molar-refractivity contribution is 7.15. The first-order valence-electron chi connectivity index (χ1n) is 9.41. The average Bonchev–Trinajstić information content (AvgIpc) is 3.13. The Morgan fingerprint density at radius 1 is 1.06 bits per heavy atom. The third kappa shape index (κ3) is 5.29. The number of ether oxygens (including phenoxy) is 1. The predicted octanol–water partition coefficient (Wildman–Crippen LogP) is 5.38. The lowest BCUT2D eigenvalue weighted by Crippen LogP contribution is -2.29. The highest BCUT2D eigenvalue weighted by atomic mass is 32.1. The molecule has 1 unspecified atom stereocenters. The zero-order valence-corrected chi connectivity index (χ0v) is 18.0. The molecule has 0 radical (unpaired) electrons. The molecule has 0 aliphatic heterocycles. The van der Waals surface area contributed by atoms with Crippen LogP contribution in [0.15, 0.2) is 42.5 Å². The Bertz CT molecular complexity index is 1160. The Morgan fingerprint density at radius 3 is 2.21 bits per heavy atom. The zero-order chi connectivity index (χ0) is 24.6. The molecule has 33 heavy (non-hydrogen) atoms. The first kappa shape index (κ1) is 24.6. The van der Waals surface area contributed by atoms with E-state index in [2.05, 4.69) is 4.98 Å². The third-order valence-electron chi connectivity index (χ3n) is 4.75. The van der Waals surface area contributed by atoms with Crippen LogP contribution in [0.5, 0.6) is 5.75 Å². The Kier molecular flexibility index (Phi) is 6.73. The summed E-state index contributed by atoms with van der Waals surface area (Å²) < 4.78 is 88.1. The van der Waals surface area contributed by atoms with Crippen molar-refractivity contribution in [2.45, 2.75) is 32.1 Å². The number of aryl methyl sites for hydroxylation is 2. The fourth-order valence-corrected chi connectivity index (χ4v) is 4.12. The minimum Gasteiger partial charge on any atom is -0.546 e. The summed E-state index contributed by atoms with van der Waals surface area (Å²) >= 11 is 0.630. The van der Waals surface area contributed by atoms with Crippen molar-refractivity contribution in [2.24, 2.45) is 0 Å². The van der Waals surface area contributed by atoms with Gasteiger partial charge in [0, 0.05) is 11.1 Å². The van der Waals surface area contributed by atoms with Crippen molar-refractivity contribution in [3.8, 4) is 16.3 Å². The van der Waals surface area contributed by atoms with Crippen molar-refractivity contribution in [3.05, 3.63) is 69.7 Å². The second-order valence-corrected chi connectivity index (χ2v) is 8.20. The summed E-state index contributed by atoms with van der Waals surface area (Å²) in [7, 11) is 0. The molecule has 1 aromatic heterocycles. The smallest absolute Gasteiger partial charge is 0.416 e. The Balaban J connectivity index is 1.87. The van der Waals surface area contributed by atoms with E-state index in [1.54, 1.807) is 0 Å². The number of aliphatic carboxylic acids is 1. The monoisotopic (exact) mass is 488 g/mol. The van der Waals surface area contributed by atoms with Gasteiger partial charge in [0.25, 0.3) is 0 Å². The highest BCUT2D eigenvalue weighted by Crippen LogP contribution is 2.47. The van der Waals surface area contributed by atoms with E-state index in [0.29, 0.717) is 11.3 Å². The standard InChI is InChI=1S/C22H17F6NO3S/c1-11-9-15(7-8-16(11)32-10-17(30)31)21(24,25)19(23)18-12(2)29-20(33-18)13-3-5-14(6-4-13)22(26,27)28/h3-9,19H,10H2,1-2H3,(H,30,31)/p-1. The lowest BCUT2D eigenvalue weighted by molar-refractivity contribution is -0.307. The van der Waals surface area contributed by atoms with Crippen molar-refractivity contribution in [3.63, 3.8) is 0 Å². The van der Waals surface area contributed by atoms with E-state index >= 15 is 4.39 Å². The maximum Gasteiger partial charge on any atom is 0.416 e. The molecule has 0 fully saturated rings. The lowest BCUT2D eigenvalue weighted by Gasteiger charge is -2.22. The summed E-state index contributed by atoms with van der Waals surface area (Å²) in [5.74, 6) is -5.42. The summed E-state index contributed by atoms with van der Waals surface area (Å²) in [5.41, 5.74) is -1.13. The average molecular weight is 488 g/mol. The minimum atomic E-state index is -4.53. The fourth-order valence-electron chi connectivity index (χ4n) is 3.03. The van der Waals surface area contributed by atoms with Gasteiger partial charge < -0.3 is 14.6 Å². The molecule has 3 aromatic rings. The number of rotatable bonds is 7. The summed E-state index contributed by atoms with van der Waals surface area (Å²) in [4.78, 5) is 14.2. The second-order valence-electron chi connectivity index (χ2n) is 7.17. The van der Waals surface area contributed by atoms with Crippen LogP contribution in [-0.2, 0) is 16.9 Å². The topological polar surface area (TPSA) is 62.2 Å². The van der Waals surface area contributed by atoms with E-state index in [0.717, 1.165) is 42.5 Å². The normalized spacial score (nSPS) is 13.1. The Morgan fingerprint density at radius 2 is 1.67 bits per heavy atom. The summed E-state index contributed by atoms with van der Waals surface area (Å²) in [6.45, 7) is 1.97. The van der Waals surface area contributed by atoms with Crippen LogP contribution in [0.4, 0.5) is 26.3 Å². The molecule has 0 amide bonds. The molecule has 176 valence electrons. The summed E-state index contributed by atoms with van der Waals surface area (Å²) in [6.07, 6.45) is -7.30. The number of halogens is 6. The number of carboxylic acids is 1. The zero-order valence-electron chi connectivity index (χ0n) is 17.2.